The van der Waals surface area contributed by atoms with E-state index in [9.17, 15) is 14.7 Å². The van der Waals surface area contributed by atoms with Gasteiger partial charge in [-0.15, -0.1) is 0 Å². The molecule has 0 saturated carbocycles. The highest BCUT2D eigenvalue weighted by Crippen LogP contribution is 2.34. The van der Waals surface area contributed by atoms with Crippen LogP contribution < -0.4 is 14.8 Å². The van der Waals surface area contributed by atoms with E-state index in [1.54, 1.807) is 19.1 Å². The number of benzene rings is 2. The van der Waals surface area contributed by atoms with Crippen molar-refractivity contribution < 1.29 is 28.9 Å². The van der Waals surface area contributed by atoms with Crippen molar-refractivity contribution in [1.29, 1.82) is 0 Å². The van der Waals surface area contributed by atoms with Crippen LogP contribution in [0, 0.1) is 12.8 Å². The van der Waals surface area contributed by atoms with Gasteiger partial charge in [-0.05, 0) is 42.2 Å². The normalized spacial score (nSPS) is 13.7. The SMILES string of the molecule is Cc1cccc(C(=O)OCC(=O)NC(c2ccc3c(c2)OCCO3)C(C)C)c1O. The third-order valence-corrected chi connectivity index (χ3v) is 4.70. The van der Waals surface area contributed by atoms with E-state index >= 15 is 0 Å². The van der Waals surface area contributed by atoms with Crippen molar-refractivity contribution in [1.82, 2.24) is 5.32 Å². The van der Waals surface area contributed by atoms with Crippen LogP contribution in [-0.2, 0) is 9.53 Å². The van der Waals surface area contributed by atoms with Gasteiger partial charge in [0.2, 0.25) is 0 Å². The number of carbonyl (C=O) groups excluding carboxylic acids is 2. The summed E-state index contributed by atoms with van der Waals surface area (Å²) in [6.45, 7) is 6.20. The third-order valence-electron chi connectivity index (χ3n) is 4.70. The first-order valence-corrected chi connectivity index (χ1v) is 9.51. The molecule has 0 fully saturated rings. The van der Waals surface area contributed by atoms with Crippen molar-refractivity contribution in [3.8, 4) is 17.2 Å². The number of para-hydroxylation sites is 1. The van der Waals surface area contributed by atoms with Crippen LogP contribution in [0.25, 0.3) is 0 Å². The average molecular weight is 399 g/mol. The van der Waals surface area contributed by atoms with Crippen molar-refractivity contribution >= 4 is 11.9 Å². The fourth-order valence-corrected chi connectivity index (χ4v) is 3.14. The molecule has 1 unspecified atom stereocenters. The minimum absolute atomic E-state index is 0.0324. The molecule has 0 radical (unpaired) electrons. The number of fused-ring (bicyclic) bond motifs is 1. The lowest BCUT2D eigenvalue weighted by atomic mass is 9.95. The number of phenols is 1. The molecule has 0 saturated heterocycles. The summed E-state index contributed by atoms with van der Waals surface area (Å²) >= 11 is 0. The summed E-state index contributed by atoms with van der Waals surface area (Å²) in [4.78, 5) is 24.6. The van der Waals surface area contributed by atoms with Crippen LogP contribution in [0.15, 0.2) is 36.4 Å². The summed E-state index contributed by atoms with van der Waals surface area (Å²) in [6.07, 6.45) is 0. The minimum Gasteiger partial charge on any atom is -0.507 e. The number of aromatic hydroxyl groups is 1. The van der Waals surface area contributed by atoms with Crippen LogP contribution in [0.1, 0.15) is 41.4 Å². The van der Waals surface area contributed by atoms with Crippen LogP contribution in [0.4, 0.5) is 0 Å². The lowest BCUT2D eigenvalue weighted by Gasteiger charge is -2.25. The van der Waals surface area contributed by atoms with E-state index in [-0.39, 0.29) is 23.3 Å². The Labute approximate surface area is 169 Å². The molecule has 7 heteroatoms. The van der Waals surface area contributed by atoms with Crippen LogP contribution in [0.2, 0.25) is 0 Å². The molecule has 0 spiro atoms. The van der Waals surface area contributed by atoms with E-state index in [4.69, 9.17) is 14.2 Å². The Bertz CT molecular complexity index is 908. The molecule has 0 aromatic heterocycles. The second-order valence-corrected chi connectivity index (χ2v) is 7.24. The van der Waals surface area contributed by atoms with Crippen molar-refractivity contribution in [3.63, 3.8) is 0 Å². The fraction of sp³-hybridized carbons (Fsp3) is 0.364. The molecule has 1 aliphatic heterocycles. The molecular weight excluding hydrogens is 374 g/mol. The lowest BCUT2D eigenvalue weighted by Crippen LogP contribution is -2.35. The van der Waals surface area contributed by atoms with Gasteiger partial charge in [-0.3, -0.25) is 4.79 Å². The van der Waals surface area contributed by atoms with Crippen molar-refractivity contribution in [2.45, 2.75) is 26.8 Å². The predicted molar refractivity (Wildman–Crippen MR) is 106 cm³/mol. The van der Waals surface area contributed by atoms with Crippen LogP contribution >= 0.6 is 0 Å². The molecule has 2 aromatic rings. The number of ether oxygens (including phenoxy) is 3. The van der Waals surface area contributed by atoms with Crippen LogP contribution in [-0.4, -0.2) is 36.8 Å². The van der Waals surface area contributed by atoms with Crippen molar-refractivity contribution in [2.24, 2.45) is 5.92 Å². The van der Waals surface area contributed by atoms with E-state index in [1.165, 1.54) is 6.07 Å². The van der Waals surface area contributed by atoms with E-state index in [0.717, 1.165) is 5.56 Å². The highest BCUT2D eigenvalue weighted by Gasteiger charge is 2.22. The molecule has 7 nitrogen and oxygen atoms in total. The largest absolute Gasteiger partial charge is 0.507 e. The number of nitrogens with one attached hydrogen (secondary N) is 1. The summed E-state index contributed by atoms with van der Waals surface area (Å²) < 4.78 is 16.2. The molecule has 0 aliphatic carbocycles. The Morgan fingerprint density at radius 1 is 1.14 bits per heavy atom. The first-order chi connectivity index (χ1) is 13.9. The van der Waals surface area contributed by atoms with Gasteiger partial charge in [-0.25, -0.2) is 4.79 Å². The van der Waals surface area contributed by atoms with Crippen molar-refractivity contribution in [2.75, 3.05) is 19.8 Å². The van der Waals surface area contributed by atoms with Gasteiger partial charge in [0.25, 0.3) is 5.91 Å². The smallest absolute Gasteiger partial charge is 0.342 e. The highest BCUT2D eigenvalue weighted by molar-refractivity contribution is 5.94. The fourth-order valence-electron chi connectivity index (χ4n) is 3.14. The highest BCUT2D eigenvalue weighted by atomic mass is 16.6. The van der Waals surface area contributed by atoms with Gasteiger partial charge >= 0.3 is 5.97 Å². The summed E-state index contributed by atoms with van der Waals surface area (Å²) in [5.41, 5.74) is 1.47. The zero-order valence-electron chi connectivity index (χ0n) is 16.7. The van der Waals surface area contributed by atoms with E-state index in [1.807, 2.05) is 32.0 Å². The van der Waals surface area contributed by atoms with Gasteiger partial charge in [-0.1, -0.05) is 32.0 Å². The monoisotopic (exact) mass is 399 g/mol. The van der Waals surface area contributed by atoms with Crippen molar-refractivity contribution in [3.05, 3.63) is 53.1 Å². The van der Waals surface area contributed by atoms with Crippen LogP contribution in [0.3, 0.4) is 0 Å². The minimum atomic E-state index is -0.748. The number of amides is 1. The Balaban J connectivity index is 1.64. The molecule has 1 amide bonds. The molecule has 0 bridgehead atoms. The predicted octanol–water partition coefficient (Wildman–Crippen LogP) is 3.14. The lowest BCUT2D eigenvalue weighted by molar-refractivity contribution is -0.125. The number of rotatable bonds is 6. The summed E-state index contributed by atoms with van der Waals surface area (Å²) in [7, 11) is 0. The molecule has 2 aromatic carbocycles. The van der Waals surface area contributed by atoms with Gasteiger partial charge in [0.15, 0.2) is 18.1 Å². The molecule has 1 heterocycles. The summed E-state index contributed by atoms with van der Waals surface area (Å²) in [5.74, 6) is 0.101. The van der Waals surface area contributed by atoms with Gasteiger partial charge in [-0.2, -0.15) is 0 Å². The molecular formula is C22H25NO6. The Morgan fingerprint density at radius 3 is 2.59 bits per heavy atom. The number of hydrogen-bond acceptors (Lipinski definition) is 6. The number of carbonyl (C=O) groups is 2. The maximum absolute atomic E-state index is 12.4. The zero-order chi connectivity index (χ0) is 21.0. The molecule has 1 atom stereocenters. The average Bonchev–Trinajstić information content (AvgIpc) is 2.71. The van der Waals surface area contributed by atoms with Gasteiger partial charge < -0.3 is 24.6 Å². The van der Waals surface area contributed by atoms with Crippen LogP contribution in [0.5, 0.6) is 17.2 Å². The molecule has 1 aliphatic rings. The van der Waals surface area contributed by atoms with E-state index in [2.05, 4.69) is 5.32 Å². The standard InChI is InChI=1S/C22H25NO6/c1-13(2)20(15-7-8-17-18(11-15)28-10-9-27-17)23-19(24)12-29-22(26)16-6-4-5-14(3)21(16)25/h4-8,11,13,20,25H,9-10,12H2,1-3H3,(H,23,24). The molecule has 2 N–H and O–H groups in total. The quantitative estimate of drug-likeness (QED) is 0.725. The maximum atomic E-state index is 12.4. The van der Waals surface area contributed by atoms with Gasteiger partial charge in [0, 0.05) is 0 Å². The molecule has 29 heavy (non-hydrogen) atoms. The maximum Gasteiger partial charge on any atom is 0.342 e. The number of hydrogen-bond donors (Lipinski definition) is 2. The third kappa shape index (κ3) is 4.80. The van der Waals surface area contributed by atoms with E-state index < -0.39 is 18.5 Å². The van der Waals surface area contributed by atoms with Gasteiger partial charge in [0.05, 0.1) is 6.04 Å². The van der Waals surface area contributed by atoms with Gasteiger partial charge in [0.1, 0.15) is 24.5 Å². The number of aryl methyl sites for hydroxylation is 1. The zero-order valence-corrected chi connectivity index (χ0v) is 16.7. The second-order valence-electron chi connectivity index (χ2n) is 7.24. The molecule has 154 valence electrons. The Kier molecular flexibility index (Phi) is 6.26. The second kappa shape index (κ2) is 8.86. The number of esters is 1. The molecule has 3 rings (SSSR count). The Morgan fingerprint density at radius 2 is 1.86 bits per heavy atom. The van der Waals surface area contributed by atoms with E-state index in [0.29, 0.717) is 30.3 Å². The first kappa shape index (κ1) is 20.5. The summed E-state index contributed by atoms with van der Waals surface area (Å²) in [5, 5.41) is 12.9. The topological polar surface area (TPSA) is 94.1 Å². The number of phenolic OH excluding ortho intramolecular Hbond substituents is 1. The summed E-state index contributed by atoms with van der Waals surface area (Å²) in [6, 6.07) is 10.1. The first-order valence-electron chi connectivity index (χ1n) is 9.51. The Hall–Kier alpha value is -3.22.